The number of hydrogen-bond acceptors (Lipinski definition) is 6. The number of imidazole rings is 1. The summed E-state index contributed by atoms with van der Waals surface area (Å²) in [5.74, 6) is 0.888. The van der Waals surface area contributed by atoms with Crippen LogP contribution in [0.2, 0.25) is 0 Å². The standard InChI is InChI=1S/C19H20N6O2/c1-11-17(12(2)27-23-11)13-4-5-15-16(8-13)22-18(21-15)19(26)24(3)14-6-7-25(9-14)10-20/h4-5,8,14H,6-7,9H2,1-3H3,(H,21,22)/t14-/m0/s1. The van der Waals surface area contributed by atoms with Gasteiger partial charge in [-0.25, -0.2) is 4.98 Å². The number of nitriles is 1. The van der Waals surface area contributed by atoms with E-state index >= 15 is 0 Å². The van der Waals surface area contributed by atoms with Crippen molar-refractivity contribution in [3.8, 4) is 17.3 Å². The average Bonchev–Trinajstić information content (AvgIpc) is 3.38. The van der Waals surface area contributed by atoms with Gasteiger partial charge in [0.25, 0.3) is 5.91 Å². The van der Waals surface area contributed by atoms with E-state index in [1.807, 2.05) is 32.0 Å². The van der Waals surface area contributed by atoms with Gasteiger partial charge in [-0.2, -0.15) is 5.26 Å². The summed E-state index contributed by atoms with van der Waals surface area (Å²) in [6, 6.07) is 5.81. The number of likely N-dealkylation sites (N-methyl/N-ethyl adjacent to an activating group) is 1. The number of carbonyl (C=O) groups is 1. The van der Waals surface area contributed by atoms with E-state index in [-0.39, 0.29) is 11.9 Å². The Morgan fingerprint density at radius 1 is 1.44 bits per heavy atom. The number of hydrogen-bond donors (Lipinski definition) is 1. The highest BCUT2D eigenvalue weighted by atomic mass is 16.5. The molecule has 1 amide bonds. The van der Waals surface area contributed by atoms with Crippen molar-refractivity contribution in [2.45, 2.75) is 26.3 Å². The Balaban J connectivity index is 1.62. The predicted octanol–water partition coefficient (Wildman–Crippen LogP) is 2.46. The summed E-state index contributed by atoms with van der Waals surface area (Å²) in [5, 5.41) is 13.0. The lowest BCUT2D eigenvalue weighted by Crippen LogP contribution is -2.39. The van der Waals surface area contributed by atoms with Gasteiger partial charge in [0.2, 0.25) is 0 Å². The first-order valence-corrected chi connectivity index (χ1v) is 8.82. The molecular formula is C19H20N6O2. The van der Waals surface area contributed by atoms with Crippen molar-refractivity contribution >= 4 is 16.9 Å². The highest BCUT2D eigenvalue weighted by molar-refractivity contribution is 5.95. The quantitative estimate of drug-likeness (QED) is 0.716. The summed E-state index contributed by atoms with van der Waals surface area (Å²) >= 11 is 0. The van der Waals surface area contributed by atoms with Crippen LogP contribution in [0.25, 0.3) is 22.2 Å². The van der Waals surface area contributed by atoms with Gasteiger partial charge >= 0.3 is 0 Å². The molecule has 3 aromatic rings. The second-order valence-electron chi connectivity index (χ2n) is 6.92. The minimum atomic E-state index is -0.171. The molecule has 4 rings (SSSR count). The Bertz CT molecular complexity index is 1040. The molecule has 0 aliphatic carbocycles. The van der Waals surface area contributed by atoms with Crippen LogP contribution in [0.4, 0.5) is 0 Å². The van der Waals surface area contributed by atoms with Gasteiger partial charge in [-0.3, -0.25) is 4.79 Å². The van der Waals surface area contributed by atoms with E-state index in [2.05, 4.69) is 21.3 Å². The summed E-state index contributed by atoms with van der Waals surface area (Å²) in [5.41, 5.74) is 4.27. The average molecular weight is 364 g/mol. The Hall–Kier alpha value is -3.34. The van der Waals surface area contributed by atoms with E-state index < -0.39 is 0 Å². The smallest absolute Gasteiger partial charge is 0.289 e. The van der Waals surface area contributed by atoms with Crippen LogP contribution in [-0.2, 0) is 0 Å². The largest absolute Gasteiger partial charge is 0.361 e. The number of benzene rings is 1. The van der Waals surface area contributed by atoms with Gasteiger partial charge in [-0.1, -0.05) is 11.2 Å². The van der Waals surface area contributed by atoms with E-state index in [0.717, 1.165) is 40.0 Å². The van der Waals surface area contributed by atoms with E-state index in [0.29, 0.717) is 18.9 Å². The number of amides is 1. The molecule has 0 bridgehead atoms. The third-order valence-electron chi connectivity index (χ3n) is 5.18. The molecule has 1 saturated heterocycles. The fraction of sp³-hybridized carbons (Fsp3) is 0.368. The van der Waals surface area contributed by atoms with Crippen LogP contribution in [-0.4, -0.2) is 57.0 Å². The van der Waals surface area contributed by atoms with E-state index in [1.54, 1.807) is 16.8 Å². The molecule has 1 aliphatic heterocycles. The number of H-pyrrole nitrogens is 1. The third-order valence-corrected chi connectivity index (χ3v) is 5.18. The highest BCUT2D eigenvalue weighted by Gasteiger charge is 2.29. The van der Waals surface area contributed by atoms with Gasteiger partial charge in [0.05, 0.1) is 22.8 Å². The second kappa shape index (κ2) is 6.43. The Morgan fingerprint density at radius 2 is 2.26 bits per heavy atom. The number of nitrogens with one attached hydrogen (secondary N) is 1. The normalized spacial score (nSPS) is 16.7. The zero-order chi connectivity index (χ0) is 19.1. The van der Waals surface area contributed by atoms with Crippen LogP contribution in [0.1, 0.15) is 28.5 Å². The number of aryl methyl sites for hydroxylation is 2. The summed E-state index contributed by atoms with van der Waals surface area (Å²) in [6.07, 6.45) is 2.92. The van der Waals surface area contributed by atoms with Crippen LogP contribution < -0.4 is 0 Å². The van der Waals surface area contributed by atoms with Crippen LogP contribution in [0, 0.1) is 25.3 Å². The van der Waals surface area contributed by atoms with Gasteiger partial charge in [0.1, 0.15) is 5.76 Å². The fourth-order valence-corrected chi connectivity index (χ4v) is 3.64. The van der Waals surface area contributed by atoms with Crippen molar-refractivity contribution in [1.82, 2.24) is 24.9 Å². The molecule has 0 spiro atoms. The first-order valence-electron chi connectivity index (χ1n) is 8.82. The third kappa shape index (κ3) is 2.91. The molecule has 8 heteroatoms. The molecular weight excluding hydrogens is 344 g/mol. The molecule has 27 heavy (non-hydrogen) atoms. The lowest BCUT2D eigenvalue weighted by atomic mass is 10.0. The Kier molecular flexibility index (Phi) is 4.07. The predicted molar refractivity (Wildman–Crippen MR) is 98.7 cm³/mol. The number of rotatable bonds is 3. The highest BCUT2D eigenvalue weighted by Crippen LogP contribution is 2.29. The first kappa shape index (κ1) is 17.1. The number of aromatic amines is 1. The molecule has 3 heterocycles. The van der Waals surface area contributed by atoms with Crippen molar-refractivity contribution in [2.75, 3.05) is 20.1 Å². The maximum absolute atomic E-state index is 12.8. The van der Waals surface area contributed by atoms with Crippen molar-refractivity contribution in [3.63, 3.8) is 0 Å². The lowest BCUT2D eigenvalue weighted by Gasteiger charge is -2.22. The SMILES string of the molecule is Cc1noc(C)c1-c1ccc2nc(C(=O)N(C)[C@H]3CCN(C#N)C3)[nH]c2c1. The van der Waals surface area contributed by atoms with Crippen LogP contribution in [0.3, 0.4) is 0 Å². The fourth-order valence-electron chi connectivity index (χ4n) is 3.64. The molecule has 1 aromatic carbocycles. The van der Waals surface area contributed by atoms with Crippen LogP contribution in [0.15, 0.2) is 22.7 Å². The number of likely N-dealkylation sites (tertiary alicyclic amines) is 1. The Labute approximate surface area is 156 Å². The number of nitrogens with zero attached hydrogens (tertiary/aromatic N) is 5. The zero-order valence-corrected chi connectivity index (χ0v) is 15.5. The molecule has 1 atom stereocenters. The van der Waals surface area contributed by atoms with Crippen molar-refractivity contribution in [1.29, 1.82) is 5.26 Å². The maximum Gasteiger partial charge on any atom is 0.289 e. The molecule has 0 saturated carbocycles. The number of aromatic nitrogens is 3. The summed E-state index contributed by atoms with van der Waals surface area (Å²) in [6.45, 7) is 5.02. The molecule has 138 valence electrons. The maximum atomic E-state index is 12.8. The molecule has 8 nitrogen and oxygen atoms in total. The van der Waals surface area contributed by atoms with E-state index in [4.69, 9.17) is 9.78 Å². The lowest BCUT2D eigenvalue weighted by molar-refractivity contribution is 0.0728. The summed E-state index contributed by atoms with van der Waals surface area (Å²) in [7, 11) is 1.76. The van der Waals surface area contributed by atoms with Gasteiger partial charge in [0, 0.05) is 25.7 Å². The zero-order valence-electron chi connectivity index (χ0n) is 15.5. The van der Waals surface area contributed by atoms with Gasteiger partial charge in [-0.15, -0.1) is 0 Å². The van der Waals surface area contributed by atoms with Crippen molar-refractivity contribution in [2.24, 2.45) is 0 Å². The van der Waals surface area contributed by atoms with Crippen molar-refractivity contribution in [3.05, 3.63) is 35.5 Å². The summed E-state index contributed by atoms with van der Waals surface area (Å²) in [4.78, 5) is 23.7. The summed E-state index contributed by atoms with van der Waals surface area (Å²) < 4.78 is 5.25. The molecule has 2 aromatic heterocycles. The molecule has 1 N–H and O–H groups in total. The Morgan fingerprint density at radius 3 is 2.93 bits per heavy atom. The van der Waals surface area contributed by atoms with E-state index in [1.165, 1.54) is 0 Å². The van der Waals surface area contributed by atoms with Crippen LogP contribution in [0.5, 0.6) is 0 Å². The second-order valence-corrected chi connectivity index (χ2v) is 6.92. The molecule has 1 aliphatic rings. The number of carbonyl (C=O) groups excluding carboxylic acids is 1. The topological polar surface area (TPSA) is 102 Å². The van der Waals surface area contributed by atoms with Crippen LogP contribution >= 0.6 is 0 Å². The monoisotopic (exact) mass is 364 g/mol. The number of fused-ring (bicyclic) bond motifs is 1. The molecule has 0 unspecified atom stereocenters. The van der Waals surface area contributed by atoms with Gasteiger partial charge in [-0.05, 0) is 38.0 Å². The molecule has 1 fully saturated rings. The van der Waals surface area contributed by atoms with Crippen molar-refractivity contribution < 1.29 is 9.32 Å². The molecule has 0 radical (unpaired) electrons. The van der Waals surface area contributed by atoms with E-state index in [9.17, 15) is 4.79 Å². The van der Waals surface area contributed by atoms with Gasteiger partial charge in [0.15, 0.2) is 12.0 Å². The van der Waals surface area contributed by atoms with Gasteiger partial charge < -0.3 is 19.3 Å². The minimum Gasteiger partial charge on any atom is -0.361 e. The first-order chi connectivity index (χ1) is 13.0. The minimum absolute atomic E-state index is 0.0169.